The zero-order valence-corrected chi connectivity index (χ0v) is 13.6. The summed E-state index contributed by atoms with van der Waals surface area (Å²) in [6, 6.07) is 10.3. The lowest BCUT2D eigenvalue weighted by atomic mass is 9.92. The number of aromatic amines is 1. The predicted octanol–water partition coefficient (Wildman–Crippen LogP) is 5.42. The molecule has 0 bridgehead atoms. The van der Waals surface area contributed by atoms with Crippen LogP contribution in [0.4, 0.5) is 0 Å². The van der Waals surface area contributed by atoms with Gasteiger partial charge in [-0.2, -0.15) is 0 Å². The molecule has 0 radical (unpaired) electrons. The highest BCUT2D eigenvalue weighted by Gasteiger charge is 2.14. The number of H-pyrrole nitrogens is 1. The Labute approximate surface area is 131 Å². The van der Waals surface area contributed by atoms with E-state index in [0.29, 0.717) is 5.92 Å². The Morgan fingerprint density at radius 1 is 1.23 bits per heavy atom. The second-order valence-corrected chi connectivity index (χ2v) is 6.33. The van der Waals surface area contributed by atoms with E-state index in [-0.39, 0.29) is 0 Å². The summed E-state index contributed by atoms with van der Waals surface area (Å²) in [7, 11) is 0. The van der Waals surface area contributed by atoms with Gasteiger partial charge in [0, 0.05) is 21.9 Å². The van der Waals surface area contributed by atoms with E-state index >= 15 is 0 Å². The highest BCUT2D eigenvalue weighted by molar-refractivity contribution is 6.10. The molecule has 1 N–H and O–H groups in total. The minimum atomic E-state index is 0.707. The molecular formula is C20H23NO. The summed E-state index contributed by atoms with van der Waals surface area (Å²) in [5.74, 6) is 0.707. The van der Waals surface area contributed by atoms with Gasteiger partial charge in [-0.3, -0.25) is 4.79 Å². The van der Waals surface area contributed by atoms with Gasteiger partial charge in [0.2, 0.25) is 0 Å². The van der Waals surface area contributed by atoms with Gasteiger partial charge >= 0.3 is 0 Å². The molecule has 0 unspecified atom stereocenters. The Hall–Kier alpha value is -2.09. The van der Waals surface area contributed by atoms with E-state index in [1.165, 1.54) is 28.3 Å². The van der Waals surface area contributed by atoms with Crippen LogP contribution in [-0.4, -0.2) is 11.3 Å². The summed E-state index contributed by atoms with van der Waals surface area (Å²) in [4.78, 5) is 15.0. The first-order valence-corrected chi connectivity index (χ1v) is 8.13. The van der Waals surface area contributed by atoms with Crippen LogP contribution in [-0.2, 0) is 6.42 Å². The number of aromatic nitrogens is 1. The van der Waals surface area contributed by atoms with Gasteiger partial charge in [0.1, 0.15) is 6.29 Å². The maximum absolute atomic E-state index is 11.5. The summed E-state index contributed by atoms with van der Waals surface area (Å²) in [6.07, 6.45) is 4.36. The first-order chi connectivity index (χ1) is 10.7. The van der Waals surface area contributed by atoms with Crippen LogP contribution in [0, 0.1) is 12.8 Å². The largest absolute Gasteiger partial charge is 0.354 e. The lowest BCUT2D eigenvalue weighted by Gasteiger charge is -2.13. The van der Waals surface area contributed by atoms with Crippen molar-refractivity contribution >= 4 is 28.1 Å². The van der Waals surface area contributed by atoms with E-state index in [0.717, 1.165) is 35.8 Å². The van der Waals surface area contributed by atoms with Gasteiger partial charge in [-0.1, -0.05) is 38.5 Å². The molecule has 0 amide bonds. The smallest absolute Gasteiger partial charge is 0.150 e. The maximum Gasteiger partial charge on any atom is 0.150 e. The Balaban J connectivity index is 2.22. The van der Waals surface area contributed by atoms with Crippen molar-refractivity contribution < 1.29 is 4.79 Å². The molecule has 0 aliphatic carbocycles. The zero-order chi connectivity index (χ0) is 15.7. The van der Waals surface area contributed by atoms with Gasteiger partial charge in [-0.05, 0) is 48.9 Å². The average Bonchev–Trinajstić information content (AvgIpc) is 2.91. The molecule has 114 valence electrons. The molecule has 3 rings (SSSR count). The van der Waals surface area contributed by atoms with E-state index in [9.17, 15) is 4.79 Å². The normalized spacial score (nSPS) is 12.9. The van der Waals surface area contributed by atoms with Crippen molar-refractivity contribution in [3.8, 4) is 0 Å². The number of hydrogen-bond donors (Lipinski definition) is 1. The van der Waals surface area contributed by atoms with Crippen LogP contribution in [0.1, 0.15) is 48.2 Å². The molecule has 1 heterocycles. The predicted molar refractivity (Wildman–Crippen MR) is 93.7 cm³/mol. The quantitative estimate of drug-likeness (QED) is 0.626. The summed E-state index contributed by atoms with van der Waals surface area (Å²) in [5, 5.41) is 2.37. The van der Waals surface area contributed by atoms with Gasteiger partial charge in [0.25, 0.3) is 0 Å². The van der Waals surface area contributed by atoms with E-state index in [1.807, 2.05) is 12.1 Å². The Bertz CT molecular complexity index is 828. The van der Waals surface area contributed by atoms with Crippen LogP contribution in [0.15, 0.2) is 30.3 Å². The zero-order valence-electron chi connectivity index (χ0n) is 13.6. The van der Waals surface area contributed by atoms with Gasteiger partial charge < -0.3 is 4.98 Å². The van der Waals surface area contributed by atoms with E-state index < -0.39 is 0 Å². The minimum Gasteiger partial charge on any atom is -0.354 e. The summed E-state index contributed by atoms with van der Waals surface area (Å²) < 4.78 is 0. The third kappa shape index (κ3) is 2.43. The first kappa shape index (κ1) is 14.8. The number of carbonyl (C=O) groups is 1. The molecular weight excluding hydrogens is 270 g/mol. The highest BCUT2D eigenvalue weighted by atomic mass is 16.1. The van der Waals surface area contributed by atoms with Crippen molar-refractivity contribution in [3.63, 3.8) is 0 Å². The Morgan fingerprint density at radius 2 is 2.00 bits per heavy atom. The lowest BCUT2D eigenvalue weighted by molar-refractivity contribution is 0.112. The molecule has 0 saturated heterocycles. The second-order valence-electron chi connectivity index (χ2n) is 6.33. The third-order valence-electron chi connectivity index (χ3n) is 4.94. The van der Waals surface area contributed by atoms with Crippen LogP contribution in [0.25, 0.3) is 21.8 Å². The molecule has 1 atom stereocenters. The first-order valence-electron chi connectivity index (χ1n) is 8.13. The molecule has 0 aliphatic heterocycles. The van der Waals surface area contributed by atoms with Crippen LogP contribution in [0.5, 0.6) is 0 Å². The molecule has 0 fully saturated rings. The number of para-hydroxylation sites is 1. The fraction of sp³-hybridized carbons (Fsp3) is 0.350. The van der Waals surface area contributed by atoms with Crippen molar-refractivity contribution in [1.29, 1.82) is 0 Å². The van der Waals surface area contributed by atoms with Crippen LogP contribution in [0.2, 0.25) is 0 Å². The van der Waals surface area contributed by atoms with E-state index in [1.54, 1.807) is 0 Å². The topological polar surface area (TPSA) is 32.9 Å². The van der Waals surface area contributed by atoms with Crippen molar-refractivity contribution in [2.24, 2.45) is 5.92 Å². The molecule has 0 saturated carbocycles. The number of aryl methyl sites for hydroxylation is 1. The van der Waals surface area contributed by atoms with Crippen LogP contribution in [0.3, 0.4) is 0 Å². The van der Waals surface area contributed by atoms with Gasteiger partial charge in [0.05, 0.1) is 5.52 Å². The molecule has 1 aromatic heterocycles. The van der Waals surface area contributed by atoms with Crippen molar-refractivity contribution in [3.05, 3.63) is 47.0 Å². The molecule has 2 aromatic carbocycles. The van der Waals surface area contributed by atoms with Crippen molar-refractivity contribution in [1.82, 2.24) is 4.98 Å². The summed E-state index contributed by atoms with van der Waals surface area (Å²) in [6.45, 7) is 6.60. The number of nitrogens with one attached hydrogen (secondary N) is 1. The second kappa shape index (κ2) is 5.96. The number of benzene rings is 2. The SMILES string of the molecule is CC[C@H](C)CCc1c(C)c(C=O)cc2c1[nH]c1ccccc12. The van der Waals surface area contributed by atoms with E-state index in [4.69, 9.17) is 0 Å². The molecule has 0 aliphatic rings. The van der Waals surface area contributed by atoms with Crippen molar-refractivity contribution in [2.45, 2.75) is 40.0 Å². The van der Waals surface area contributed by atoms with Gasteiger partial charge in [-0.15, -0.1) is 0 Å². The molecule has 3 aromatic rings. The monoisotopic (exact) mass is 293 g/mol. The van der Waals surface area contributed by atoms with Crippen LogP contribution < -0.4 is 0 Å². The summed E-state index contributed by atoms with van der Waals surface area (Å²) in [5.41, 5.74) is 5.59. The highest BCUT2D eigenvalue weighted by Crippen LogP contribution is 2.32. The number of fused-ring (bicyclic) bond motifs is 3. The summed E-state index contributed by atoms with van der Waals surface area (Å²) >= 11 is 0. The molecule has 22 heavy (non-hydrogen) atoms. The lowest BCUT2D eigenvalue weighted by Crippen LogP contribution is -2.01. The minimum absolute atomic E-state index is 0.707. The molecule has 2 nitrogen and oxygen atoms in total. The van der Waals surface area contributed by atoms with E-state index in [2.05, 4.69) is 44.0 Å². The standard InChI is InChI=1S/C20H23NO/c1-4-13(2)9-10-16-14(3)15(12-22)11-18-17-7-5-6-8-19(17)21-20(16)18/h5-8,11-13,21H,4,9-10H2,1-3H3/t13-/m0/s1. The Kier molecular flexibility index (Phi) is 4.02. The van der Waals surface area contributed by atoms with Crippen LogP contribution >= 0.6 is 0 Å². The average molecular weight is 293 g/mol. The number of hydrogen-bond acceptors (Lipinski definition) is 1. The third-order valence-corrected chi connectivity index (χ3v) is 4.94. The number of aldehydes is 1. The van der Waals surface area contributed by atoms with Gasteiger partial charge in [-0.25, -0.2) is 0 Å². The Morgan fingerprint density at radius 3 is 2.73 bits per heavy atom. The molecule has 0 spiro atoms. The number of carbonyl (C=O) groups excluding carboxylic acids is 1. The molecule has 2 heteroatoms. The number of rotatable bonds is 5. The van der Waals surface area contributed by atoms with Gasteiger partial charge in [0.15, 0.2) is 0 Å². The fourth-order valence-corrected chi connectivity index (χ4v) is 3.21. The fourth-order valence-electron chi connectivity index (χ4n) is 3.21. The van der Waals surface area contributed by atoms with Crippen molar-refractivity contribution in [2.75, 3.05) is 0 Å². The maximum atomic E-state index is 11.5.